The van der Waals surface area contributed by atoms with Crippen LogP contribution in [0, 0.1) is 5.82 Å². The van der Waals surface area contributed by atoms with Crippen LogP contribution in [-0.4, -0.2) is 29.8 Å². The molecule has 0 radical (unpaired) electrons. The summed E-state index contributed by atoms with van der Waals surface area (Å²) in [6.07, 6.45) is 0. The molecule has 20 heavy (non-hydrogen) atoms. The Bertz CT molecular complexity index is 684. The minimum atomic E-state index is -0.605. The van der Waals surface area contributed by atoms with Crippen LogP contribution in [-0.2, 0) is 4.79 Å². The third-order valence-electron chi connectivity index (χ3n) is 2.91. The van der Waals surface area contributed by atoms with Crippen LogP contribution in [0.3, 0.4) is 0 Å². The maximum absolute atomic E-state index is 13.7. The standard InChI is InChI=1S/C13H14FN3O2S/c1-2-17(6-9(15)18)13(19)12-11(16)10-7(14)4-3-5-8(10)20-12/h3-5H,2,6,16H2,1H3,(H2,15,18). The zero-order chi connectivity index (χ0) is 14.9. The van der Waals surface area contributed by atoms with E-state index < -0.39 is 17.6 Å². The Labute approximate surface area is 119 Å². The molecule has 1 aromatic heterocycles. The van der Waals surface area contributed by atoms with E-state index in [1.807, 2.05) is 0 Å². The number of nitrogen functional groups attached to an aromatic ring is 1. The molecule has 4 N–H and O–H groups in total. The summed E-state index contributed by atoms with van der Waals surface area (Å²) in [5.41, 5.74) is 11.1. The lowest BCUT2D eigenvalue weighted by Gasteiger charge is -2.18. The Morgan fingerprint density at radius 2 is 2.10 bits per heavy atom. The summed E-state index contributed by atoms with van der Waals surface area (Å²) in [6, 6.07) is 4.55. The van der Waals surface area contributed by atoms with Gasteiger partial charge in [0.25, 0.3) is 5.91 Å². The van der Waals surface area contributed by atoms with Gasteiger partial charge in [0.05, 0.1) is 17.6 Å². The smallest absolute Gasteiger partial charge is 0.266 e. The van der Waals surface area contributed by atoms with Crippen molar-refractivity contribution in [2.75, 3.05) is 18.8 Å². The van der Waals surface area contributed by atoms with Gasteiger partial charge < -0.3 is 16.4 Å². The third kappa shape index (κ3) is 2.44. The normalized spacial score (nSPS) is 10.7. The number of rotatable bonds is 4. The molecule has 2 rings (SSSR count). The molecule has 2 aromatic rings. The number of likely N-dealkylation sites (N-methyl/N-ethyl adjacent to an activating group) is 1. The van der Waals surface area contributed by atoms with Gasteiger partial charge in [0.2, 0.25) is 5.91 Å². The molecule has 0 aliphatic heterocycles. The van der Waals surface area contributed by atoms with Crippen molar-refractivity contribution in [1.82, 2.24) is 4.90 Å². The van der Waals surface area contributed by atoms with Gasteiger partial charge in [-0.05, 0) is 19.1 Å². The number of nitrogens with zero attached hydrogens (tertiary/aromatic N) is 1. The lowest BCUT2D eigenvalue weighted by molar-refractivity contribution is -0.118. The number of carbonyl (C=O) groups is 2. The van der Waals surface area contributed by atoms with E-state index in [-0.39, 0.29) is 22.5 Å². The highest BCUT2D eigenvalue weighted by Gasteiger charge is 2.23. The van der Waals surface area contributed by atoms with Crippen LogP contribution in [0.15, 0.2) is 18.2 Å². The summed E-state index contributed by atoms with van der Waals surface area (Å²) in [5.74, 6) is -1.48. The van der Waals surface area contributed by atoms with Gasteiger partial charge in [-0.15, -0.1) is 11.3 Å². The molecule has 0 saturated heterocycles. The van der Waals surface area contributed by atoms with E-state index >= 15 is 0 Å². The van der Waals surface area contributed by atoms with Crippen LogP contribution >= 0.6 is 11.3 Å². The number of carbonyl (C=O) groups excluding carboxylic acids is 2. The minimum absolute atomic E-state index is 0.107. The van der Waals surface area contributed by atoms with Crippen molar-refractivity contribution in [3.05, 3.63) is 28.9 Å². The molecule has 5 nitrogen and oxygen atoms in total. The van der Waals surface area contributed by atoms with Crippen molar-refractivity contribution < 1.29 is 14.0 Å². The van der Waals surface area contributed by atoms with E-state index in [1.165, 1.54) is 11.0 Å². The summed E-state index contributed by atoms with van der Waals surface area (Å²) in [4.78, 5) is 24.8. The highest BCUT2D eigenvalue weighted by molar-refractivity contribution is 7.21. The van der Waals surface area contributed by atoms with Crippen LogP contribution < -0.4 is 11.5 Å². The summed E-state index contributed by atoms with van der Waals surface area (Å²) < 4.78 is 14.3. The van der Waals surface area contributed by atoms with Crippen LogP contribution in [0.2, 0.25) is 0 Å². The Morgan fingerprint density at radius 1 is 1.40 bits per heavy atom. The van der Waals surface area contributed by atoms with Crippen LogP contribution in [0.4, 0.5) is 10.1 Å². The number of benzene rings is 1. The predicted octanol–water partition coefficient (Wildman–Crippen LogP) is 1.57. The first-order valence-corrected chi connectivity index (χ1v) is 6.81. The van der Waals surface area contributed by atoms with Gasteiger partial charge in [0.1, 0.15) is 10.7 Å². The fourth-order valence-corrected chi connectivity index (χ4v) is 3.05. The molecule has 1 aromatic carbocycles. The van der Waals surface area contributed by atoms with Crippen molar-refractivity contribution >= 4 is 38.9 Å². The highest BCUT2D eigenvalue weighted by Crippen LogP contribution is 2.35. The number of anilines is 1. The first-order valence-electron chi connectivity index (χ1n) is 5.99. The van der Waals surface area contributed by atoms with Gasteiger partial charge in [-0.2, -0.15) is 0 Å². The molecule has 2 amide bonds. The van der Waals surface area contributed by atoms with Gasteiger partial charge in [-0.1, -0.05) is 6.07 Å². The highest BCUT2D eigenvalue weighted by atomic mass is 32.1. The molecule has 0 aliphatic carbocycles. The fourth-order valence-electron chi connectivity index (χ4n) is 1.95. The van der Waals surface area contributed by atoms with E-state index in [0.29, 0.717) is 11.2 Å². The molecular weight excluding hydrogens is 281 g/mol. The molecule has 7 heteroatoms. The van der Waals surface area contributed by atoms with Crippen molar-refractivity contribution in [1.29, 1.82) is 0 Å². The molecular formula is C13H14FN3O2S. The average molecular weight is 295 g/mol. The second kappa shape index (κ2) is 5.46. The SMILES string of the molecule is CCN(CC(N)=O)C(=O)c1sc2cccc(F)c2c1N. The second-order valence-corrected chi connectivity index (χ2v) is 5.30. The first kappa shape index (κ1) is 14.3. The molecule has 0 spiro atoms. The van der Waals surface area contributed by atoms with E-state index in [4.69, 9.17) is 11.5 Å². The summed E-state index contributed by atoms with van der Waals surface area (Å²) >= 11 is 1.11. The lowest BCUT2D eigenvalue weighted by Crippen LogP contribution is -2.38. The van der Waals surface area contributed by atoms with Gasteiger partial charge in [-0.3, -0.25) is 9.59 Å². The second-order valence-electron chi connectivity index (χ2n) is 4.24. The molecule has 0 atom stereocenters. The van der Waals surface area contributed by atoms with E-state index in [9.17, 15) is 14.0 Å². The zero-order valence-corrected chi connectivity index (χ0v) is 11.7. The van der Waals surface area contributed by atoms with Gasteiger partial charge in [0.15, 0.2) is 0 Å². The van der Waals surface area contributed by atoms with Crippen molar-refractivity contribution in [2.45, 2.75) is 6.92 Å². The fraction of sp³-hybridized carbons (Fsp3) is 0.231. The van der Waals surface area contributed by atoms with E-state index in [0.717, 1.165) is 11.3 Å². The van der Waals surface area contributed by atoms with Crippen LogP contribution in [0.5, 0.6) is 0 Å². The number of fused-ring (bicyclic) bond motifs is 1. The van der Waals surface area contributed by atoms with Gasteiger partial charge >= 0.3 is 0 Å². The predicted molar refractivity (Wildman–Crippen MR) is 77.0 cm³/mol. The number of thiophene rings is 1. The van der Waals surface area contributed by atoms with Gasteiger partial charge in [0, 0.05) is 11.2 Å². The monoisotopic (exact) mass is 295 g/mol. The topological polar surface area (TPSA) is 89.4 Å². The van der Waals surface area contributed by atoms with Gasteiger partial charge in [-0.25, -0.2) is 4.39 Å². The summed E-state index contributed by atoms with van der Waals surface area (Å²) in [6.45, 7) is 1.86. The molecule has 0 unspecified atom stereocenters. The number of amides is 2. The summed E-state index contributed by atoms with van der Waals surface area (Å²) in [7, 11) is 0. The number of hydrogen-bond donors (Lipinski definition) is 2. The first-order chi connectivity index (χ1) is 9.45. The molecule has 0 saturated carbocycles. The van der Waals surface area contributed by atoms with E-state index in [1.54, 1.807) is 19.1 Å². The number of nitrogens with two attached hydrogens (primary N) is 2. The minimum Gasteiger partial charge on any atom is -0.397 e. The molecule has 0 bridgehead atoms. The van der Waals surface area contributed by atoms with Crippen molar-refractivity contribution in [2.24, 2.45) is 5.73 Å². The maximum atomic E-state index is 13.7. The number of primary amides is 1. The van der Waals surface area contributed by atoms with E-state index in [2.05, 4.69) is 0 Å². The number of halogens is 1. The third-order valence-corrected chi connectivity index (χ3v) is 4.07. The Kier molecular flexibility index (Phi) is 3.89. The van der Waals surface area contributed by atoms with Crippen LogP contribution in [0.25, 0.3) is 10.1 Å². The number of hydrogen-bond acceptors (Lipinski definition) is 4. The largest absolute Gasteiger partial charge is 0.397 e. The average Bonchev–Trinajstić information content (AvgIpc) is 2.73. The molecule has 1 heterocycles. The summed E-state index contributed by atoms with van der Waals surface area (Å²) in [5, 5.41) is 0.246. The van der Waals surface area contributed by atoms with Crippen molar-refractivity contribution in [3.63, 3.8) is 0 Å². The zero-order valence-electron chi connectivity index (χ0n) is 10.9. The lowest BCUT2D eigenvalue weighted by atomic mass is 10.2. The van der Waals surface area contributed by atoms with Crippen LogP contribution in [0.1, 0.15) is 16.6 Å². The Hall–Kier alpha value is -2.15. The molecule has 0 aliphatic rings. The Balaban J connectivity index is 2.47. The molecule has 0 fully saturated rings. The molecule has 106 valence electrons. The quantitative estimate of drug-likeness (QED) is 0.897. The Morgan fingerprint density at radius 3 is 2.65 bits per heavy atom. The van der Waals surface area contributed by atoms with Crippen molar-refractivity contribution in [3.8, 4) is 0 Å². The maximum Gasteiger partial charge on any atom is 0.266 e.